The van der Waals surface area contributed by atoms with Crippen molar-refractivity contribution in [1.82, 2.24) is 0 Å². The summed E-state index contributed by atoms with van der Waals surface area (Å²) in [5, 5.41) is 0. The molecule has 1 saturated heterocycles. The van der Waals surface area contributed by atoms with Crippen LogP contribution in [0.5, 0.6) is 0 Å². The second-order valence-electron chi connectivity index (χ2n) is 5.87. The smallest absolute Gasteiger partial charge is 0.306 e. The summed E-state index contributed by atoms with van der Waals surface area (Å²) in [7, 11) is 0. The molecule has 1 heterocycles. The first-order valence-corrected chi connectivity index (χ1v) is 6.38. The van der Waals surface area contributed by atoms with E-state index >= 15 is 0 Å². The van der Waals surface area contributed by atoms with Crippen molar-refractivity contribution >= 4 is 5.97 Å². The van der Waals surface area contributed by atoms with Crippen LogP contribution >= 0.6 is 0 Å². The van der Waals surface area contributed by atoms with Crippen molar-refractivity contribution in [2.45, 2.75) is 64.7 Å². The van der Waals surface area contributed by atoms with E-state index in [1.54, 1.807) is 0 Å². The molecule has 1 fully saturated rings. The van der Waals surface area contributed by atoms with Crippen LogP contribution in [0.4, 0.5) is 0 Å². The standard InChI is InChI=1S/C13H25NO3/c1-9(14)10(11-6-5-7-16-11)8-12(15)17-13(2,3)4/h9-11H,5-8,14H2,1-4H3/t9-,10+,11+/m0/s1. The average molecular weight is 243 g/mol. The molecule has 3 atom stereocenters. The molecular weight excluding hydrogens is 218 g/mol. The maximum Gasteiger partial charge on any atom is 0.306 e. The van der Waals surface area contributed by atoms with Gasteiger partial charge in [-0.05, 0) is 40.5 Å². The van der Waals surface area contributed by atoms with Gasteiger partial charge in [-0.15, -0.1) is 0 Å². The monoisotopic (exact) mass is 243 g/mol. The Morgan fingerprint density at radius 3 is 2.59 bits per heavy atom. The highest BCUT2D eigenvalue weighted by Crippen LogP contribution is 2.26. The van der Waals surface area contributed by atoms with Crippen molar-refractivity contribution in [1.29, 1.82) is 0 Å². The molecule has 0 amide bonds. The second kappa shape index (κ2) is 5.83. The number of ether oxygens (including phenoxy) is 2. The zero-order chi connectivity index (χ0) is 13.1. The highest BCUT2D eigenvalue weighted by molar-refractivity contribution is 5.70. The lowest BCUT2D eigenvalue weighted by molar-refractivity contribution is -0.157. The van der Waals surface area contributed by atoms with Crippen molar-refractivity contribution in [2.75, 3.05) is 6.61 Å². The summed E-state index contributed by atoms with van der Waals surface area (Å²) in [6.45, 7) is 8.33. The molecule has 0 bridgehead atoms. The van der Waals surface area contributed by atoms with E-state index in [9.17, 15) is 4.79 Å². The Morgan fingerprint density at radius 2 is 2.18 bits per heavy atom. The van der Waals surface area contributed by atoms with Crippen LogP contribution in [0, 0.1) is 5.92 Å². The van der Waals surface area contributed by atoms with E-state index in [0.29, 0.717) is 6.42 Å². The first-order valence-electron chi connectivity index (χ1n) is 6.38. The first kappa shape index (κ1) is 14.5. The number of hydrogen-bond donors (Lipinski definition) is 1. The number of carbonyl (C=O) groups is 1. The molecule has 17 heavy (non-hydrogen) atoms. The van der Waals surface area contributed by atoms with Gasteiger partial charge in [0.15, 0.2) is 0 Å². The van der Waals surface area contributed by atoms with Crippen LogP contribution in [-0.4, -0.2) is 30.3 Å². The molecule has 1 aliphatic heterocycles. The normalized spacial score (nSPS) is 24.4. The predicted octanol–water partition coefficient (Wildman–Crippen LogP) is 1.86. The van der Waals surface area contributed by atoms with Crippen LogP contribution in [0.3, 0.4) is 0 Å². The Bertz CT molecular complexity index is 252. The molecule has 0 unspecified atom stereocenters. The summed E-state index contributed by atoms with van der Waals surface area (Å²) >= 11 is 0. The zero-order valence-corrected chi connectivity index (χ0v) is 11.4. The topological polar surface area (TPSA) is 61.6 Å². The molecule has 0 aromatic rings. The number of esters is 1. The molecular formula is C13H25NO3. The molecule has 100 valence electrons. The molecule has 4 nitrogen and oxygen atoms in total. The maximum absolute atomic E-state index is 11.8. The van der Waals surface area contributed by atoms with Crippen molar-refractivity contribution in [2.24, 2.45) is 11.7 Å². The van der Waals surface area contributed by atoms with Crippen LogP contribution in [0.2, 0.25) is 0 Å². The van der Waals surface area contributed by atoms with Crippen molar-refractivity contribution in [3.05, 3.63) is 0 Å². The van der Waals surface area contributed by atoms with E-state index in [1.807, 2.05) is 27.7 Å². The van der Waals surface area contributed by atoms with E-state index in [0.717, 1.165) is 19.4 Å². The number of rotatable bonds is 4. The molecule has 0 radical (unpaired) electrons. The van der Waals surface area contributed by atoms with Crippen molar-refractivity contribution in [3.63, 3.8) is 0 Å². The molecule has 1 aliphatic rings. The lowest BCUT2D eigenvalue weighted by atomic mass is 9.90. The molecule has 2 N–H and O–H groups in total. The Kier molecular flexibility index (Phi) is 4.95. The van der Waals surface area contributed by atoms with Crippen molar-refractivity contribution in [3.8, 4) is 0 Å². The van der Waals surface area contributed by atoms with Crippen LogP contribution < -0.4 is 5.73 Å². The SMILES string of the molecule is C[C@H](N)[C@@H](CC(=O)OC(C)(C)C)[C@H]1CCCO1. The minimum Gasteiger partial charge on any atom is -0.460 e. The molecule has 1 rings (SSSR count). The van der Waals surface area contributed by atoms with Gasteiger partial charge in [-0.1, -0.05) is 0 Å². The minimum absolute atomic E-state index is 0.0504. The van der Waals surface area contributed by atoms with E-state index in [-0.39, 0.29) is 24.0 Å². The summed E-state index contributed by atoms with van der Waals surface area (Å²) in [5.74, 6) is -0.123. The van der Waals surface area contributed by atoms with Gasteiger partial charge >= 0.3 is 5.97 Å². The number of hydrogen-bond acceptors (Lipinski definition) is 4. The minimum atomic E-state index is -0.435. The quantitative estimate of drug-likeness (QED) is 0.766. The predicted molar refractivity (Wildman–Crippen MR) is 66.6 cm³/mol. The summed E-state index contributed by atoms with van der Waals surface area (Å²) in [5.41, 5.74) is 5.51. The lowest BCUT2D eigenvalue weighted by Gasteiger charge is -2.27. The third-order valence-corrected chi connectivity index (χ3v) is 2.94. The maximum atomic E-state index is 11.8. The number of nitrogens with two attached hydrogens (primary N) is 1. The van der Waals surface area contributed by atoms with Gasteiger partial charge in [-0.3, -0.25) is 4.79 Å². The highest BCUT2D eigenvalue weighted by Gasteiger charge is 2.32. The third kappa shape index (κ3) is 5.04. The van der Waals surface area contributed by atoms with Crippen LogP contribution in [-0.2, 0) is 14.3 Å². The molecule has 0 aliphatic carbocycles. The third-order valence-electron chi connectivity index (χ3n) is 2.94. The molecule has 0 spiro atoms. The number of carbonyl (C=O) groups excluding carboxylic acids is 1. The molecule has 0 aromatic heterocycles. The average Bonchev–Trinajstić information content (AvgIpc) is 2.63. The summed E-state index contributed by atoms with van der Waals surface area (Å²) in [6.07, 6.45) is 2.51. The lowest BCUT2D eigenvalue weighted by Crippen LogP contribution is -2.38. The fourth-order valence-corrected chi connectivity index (χ4v) is 2.17. The zero-order valence-electron chi connectivity index (χ0n) is 11.4. The van der Waals surface area contributed by atoms with Gasteiger partial charge < -0.3 is 15.2 Å². The fourth-order valence-electron chi connectivity index (χ4n) is 2.17. The summed E-state index contributed by atoms with van der Waals surface area (Å²) < 4.78 is 10.9. The van der Waals surface area contributed by atoms with Gasteiger partial charge in [0.05, 0.1) is 12.5 Å². The Morgan fingerprint density at radius 1 is 1.53 bits per heavy atom. The summed E-state index contributed by atoms with van der Waals surface area (Å²) in [4.78, 5) is 11.8. The van der Waals surface area contributed by atoms with Gasteiger partial charge in [0.2, 0.25) is 0 Å². The second-order valence-corrected chi connectivity index (χ2v) is 5.87. The van der Waals surface area contributed by atoms with Gasteiger partial charge in [0.25, 0.3) is 0 Å². The van der Waals surface area contributed by atoms with Gasteiger partial charge in [0.1, 0.15) is 5.60 Å². The Hall–Kier alpha value is -0.610. The van der Waals surface area contributed by atoms with Gasteiger partial charge in [-0.25, -0.2) is 0 Å². The molecule has 4 heteroatoms. The van der Waals surface area contributed by atoms with Crippen LogP contribution in [0.25, 0.3) is 0 Å². The first-order chi connectivity index (χ1) is 7.79. The van der Waals surface area contributed by atoms with E-state index in [2.05, 4.69) is 0 Å². The molecule has 0 saturated carbocycles. The van der Waals surface area contributed by atoms with Gasteiger partial charge in [0, 0.05) is 18.6 Å². The van der Waals surface area contributed by atoms with Crippen LogP contribution in [0.1, 0.15) is 47.0 Å². The van der Waals surface area contributed by atoms with Crippen molar-refractivity contribution < 1.29 is 14.3 Å². The largest absolute Gasteiger partial charge is 0.460 e. The highest BCUT2D eigenvalue weighted by atomic mass is 16.6. The summed E-state index contributed by atoms with van der Waals surface area (Å²) in [6, 6.07) is -0.0504. The Labute approximate surface area is 104 Å². The van der Waals surface area contributed by atoms with E-state index in [1.165, 1.54) is 0 Å². The van der Waals surface area contributed by atoms with E-state index in [4.69, 9.17) is 15.2 Å². The fraction of sp³-hybridized carbons (Fsp3) is 0.923. The van der Waals surface area contributed by atoms with Crippen LogP contribution in [0.15, 0.2) is 0 Å². The van der Waals surface area contributed by atoms with Gasteiger partial charge in [-0.2, -0.15) is 0 Å². The Balaban J connectivity index is 2.52. The van der Waals surface area contributed by atoms with E-state index < -0.39 is 5.60 Å². The molecule has 0 aromatic carbocycles.